The second-order valence-corrected chi connectivity index (χ2v) is 4.19. The second kappa shape index (κ2) is 6.50. The molecule has 0 aliphatic heterocycles. The molecule has 3 N–H and O–H groups in total. The van der Waals surface area contributed by atoms with Crippen LogP contribution in [0.3, 0.4) is 0 Å². The molecule has 0 aromatic carbocycles. The van der Waals surface area contributed by atoms with Crippen molar-refractivity contribution in [1.29, 1.82) is 0 Å². The summed E-state index contributed by atoms with van der Waals surface area (Å²) in [5, 5.41) is 4.23. The highest BCUT2D eigenvalue weighted by atomic mass is 32.1. The average molecular weight is 229 g/mol. The molecule has 1 rings (SSSR count). The third-order valence-corrected chi connectivity index (χ3v) is 2.99. The summed E-state index contributed by atoms with van der Waals surface area (Å²) < 4.78 is 9.19. The van der Waals surface area contributed by atoms with Crippen LogP contribution in [0.15, 0.2) is 0 Å². The Bertz CT molecular complexity index is 288. The molecule has 86 valence electrons. The Hall–Kier alpha value is -0.970. The normalized spacial score (nSPS) is 10.3. The van der Waals surface area contributed by atoms with E-state index >= 15 is 0 Å². The van der Waals surface area contributed by atoms with Crippen molar-refractivity contribution < 1.29 is 4.74 Å². The lowest BCUT2D eigenvalue weighted by atomic mass is 10.2. The molecule has 1 heterocycles. The molecule has 1 aromatic heterocycles. The van der Waals surface area contributed by atoms with Gasteiger partial charge in [-0.3, -0.25) is 0 Å². The van der Waals surface area contributed by atoms with Gasteiger partial charge in [0.15, 0.2) is 16.6 Å². The number of nitrogens with zero attached hydrogens (tertiary/aromatic N) is 1. The summed E-state index contributed by atoms with van der Waals surface area (Å²) in [4.78, 5) is 0. The standard InChI is InChI=1S/C10H19N3OS/c1-3-4-5-6-7-12-10-8(14-2)9(11)13-15-10/h12H,3-7H2,1-2H3,(H2,11,13). The molecule has 0 saturated carbocycles. The summed E-state index contributed by atoms with van der Waals surface area (Å²) in [6.07, 6.45) is 5.00. The van der Waals surface area contributed by atoms with Gasteiger partial charge in [-0.1, -0.05) is 26.2 Å². The van der Waals surface area contributed by atoms with Crippen molar-refractivity contribution in [3.05, 3.63) is 0 Å². The maximum Gasteiger partial charge on any atom is 0.197 e. The van der Waals surface area contributed by atoms with Gasteiger partial charge in [0.2, 0.25) is 0 Å². The molecule has 0 spiro atoms. The molecule has 0 atom stereocenters. The van der Waals surface area contributed by atoms with Crippen LogP contribution in [0.2, 0.25) is 0 Å². The Kier molecular flexibility index (Phi) is 5.25. The maximum atomic E-state index is 5.64. The second-order valence-electron chi connectivity index (χ2n) is 3.42. The molecule has 5 heteroatoms. The Morgan fingerprint density at radius 1 is 1.40 bits per heavy atom. The molecule has 1 aromatic rings. The lowest BCUT2D eigenvalue weighted by Gasteiger charge is -2.05. The number of hydrogen-bond acceptors (Lipinski definition) is 5. The molecule has 0 fully saturated rings. The molecule has 0 saturated heterocycles. The first-order chi connectivity index (χ1) is 7.29. The number of aromatic nitrogens is 1. The number of methoxy groups -OCH3 is 1. The van der Waals surface area contributed by atoms with Crippen LogP contribution in [0.1, 0.15) is 32.6 Å². The lowest BCUT2D eigenvalue weighted by Crippen LogP contribution is -2.01. The Balaban J connectivity index is 2.30. The maximum absolute atomic E-state index is 5.64. The first-order valence-electron chi connectivity index (χ1n) is 5.32. The summed E-state index contributed by atoms with van der Waals surface area (Å²) in [6.45, 7) is 3.17. The number of nitrogens with two attached hydrogens (primary N) is 1. The number of rotatable bonds is 7. The van der Waals surface area contributed by atoms with Gasteiger partial charge < -0.3 is 15.8 Å². The minimum atomic E-state index is 0.471. The summed E-state index contributed by atoms with van der Waals surface area (Å²) >= 11 is 1.35. The Morgan fingerprint density at radius 3 is 2.87 bits per heavy atom. The van der Waals surface area contributed by atoms with E-state index < -0.39 is 0 Å². The predicted octanol–water partition coefficient (Wildman–Crippen LogP) is 2.73. The highest BCUT2D eigenvalue weighted by molar-refractivity contribution is 7.11. The van der Waals surface area contributed by atoms with E-state index in [4.69, 9.17) is 10.5 Å². The zero-order valence-electron chi connectivity index (χ0n) is 9.38. The molecule has 0 aliphatic carbocycles. The highest BCUT2D eigenvalue weighted by Gasteiger charge is 2.10. The van der Waals surface area contributed by atoms with E-state index in [0.29, 0.717) is 11.6 Å². The van der Waals surface area contributed by atoms with Crippen molar-refractivity contribution in [1.82, 2.24) is 4.37 Å². The third-order valence-electron chi connectivity index (χ3n) is 2.19. The van der Waals surface area contributed by atoms with Gasteiger partial charge in [0.25, 0.3) is 0 Å². The van der Waals surface area contributed by atoms with E-state index in [2.05, 4.69) is 16.6 Å². The summed E-state index contributed by atoms with van der Waals surface area (Å²) in [7, 11) is 1.61. The zero-order chi connectivity index (χ0) is 11.1. The van der Waals surface area contributed by atoms with E-state index in [0.717, 1.165) is 11.5 Å². The molecule has 4 nitrogen and oxygen atoms in total. The van der Waals surface area contributed by atoms with Crippen LogP contribution in [0.4, 0.5) is 10.8 Å². The monoisotopic (exact) mass is 229 g/mol. The van der Waals surface area contributed by atoms with E-state index in [-0.39, 0.29) is 0 Å². The molecule has 0 aliphatic rings. The van der Waals surface area contributed by atoms with Crippen LogP contribution in [0, 0.1) is 0 Å². The summed E-state index contributed by atoms with van der Waals surface area (Å²) in [6, 6.07) is 0. The first kappa shape index (κ1) is 12.1. The van der Waals surface area contributed by atoms with E-state index in [1.54, 1.807) is 7.11 Å². The fourth-order valence-corrected chi connectivity index (χ4v) is 2.07. The zero-order valence-corrected chi connectivity index (χ0v) is 10.2. The topological polar surface area (TPSA) is 60.2 Å². The largest absolute Gasteiger partial charge is 0.490 e. The minimum Gasteiger partial charge on any atom is -0.490 e. The first-order valence-corrected chi connectivity index (χ1v) is 6.10. The van der Waals surface area contributed by atoms with Gasteiger partial charge in [-0.25, -0.2) is 0 Å². The number of hydrogen-bond donors (Lipinski definition) is 2. The van der Waals surface area contributed by atoms with Crippen LogP contribution in [-0.2, 0) is 0 Å². The molecular weight excluding hydrogens is 210 g/mol. The summed E-state index contributed by atoms with van der Waals surface area (Å²) in [5.74, 6) is 1.15. The number of anilines is 2. The van der Waals surface area contributed by atoms with Crippen LogP contribution in [0.5, 0.6) is 5.75 Å². The van der Waals surface area contributed by atoms with Crippen molar-refractivity contribution >= 4 is 22.4 Å². The fourth-order valence-electron chi connectivity index (χ4n) is 1.36. The summed E-state index contributed by atoms with van der Waals surface area (Å²) in [5.41, 5.74) is 5.64. The van der Waals surface area contributed by atoms with Crippen molar-refractivity contribution in [3.63, 3.8) is 0 Å². The quantitative estimate of drug-likeness (QED) is 0.706. The number of nitrogen functional groups attached to an aromatic ring is 1. The molecule has 0 radical (unpaired) electrons. The van der Waals surface area contributed by atoms with E-state index in [1.807, 2.05) is 0 Å². The van der Waals surface area contributed by atoms with Gasteiger partial charge >= 0.3 is 0 Å². The fraction of sp³-hybridized carbons (Fsp3) is 0.700. The van der Waals surface area contributed by atoms with Crippen LogP contribution in [-0.4, -0.2) is 18.0 Å². The third kappa shape index (κ3) is 3.58. The molecule has 15 heavy (non-hydrogen) atoms. The molecular formula is C10H19N3OS. The molecule has 0 amide bonds. The van der Waals surface area contributed by atoms with Crippen molar-refractivity contribution in [2.45, 2.75) is 32.6 Å². The van der Waals surface area contributed by atoms with Gasteiger partial charge in [-0.15, -0.1) is 0 Å². The van der Waals surface area contributed by atoms with Crippen molar-refractivity contribution in [2.24, 2.45) is 0 Å². The predicted molar refractivity (Wildman–Crippen MR) is 65.7 cm³/mol. The van der Waals surface area contributed by atoms with Gasteiger partial charge in [0, 0.05) is 6.54 Å². The van der Waals surface area contributed by atoms with Gasteiger partial charge in [0.1, 0.15) is 0 Å². The average Bonchev–Trinajstić information content (AvgIpc) is 2.59. The Morgan fingerprint density at radius 2 is 2.20 bits per heavy atom. The minimum absolute atomic E-state index is 0.471. The number of nitrogens with one attached hydrogen (secondary N) is 1. The number of unbranched alkanes of at least 4 members (excludes halogenated alkanes) is 3. The van der Waals surface area contributed by atoms with Gasteiger partial charge in [-0.2, -0.15) is 4.37 Å². The van der Waals surface area contributed by atoms with Crippen LogP contribution < -0.4 is 15.8 Å². The highest BCUT2D eigenvalue weighted by Crippen LogP contribution is 2.34. The van der Waals surface area contributed by atoms with Gasteiger partial charge in [0.05, 0.1) is 7.11 Å². The Labute approximate surface area is 95.0 Å². The molecule has 0 unspecified atom stereocenters. The smallest absolute Gasteiger partial charge is 0.197 e. The molecule has 0 bridgehead atoms. The van der Waals surface area contributed by atoms with Crippen molar-refractivity contribution in [2.75, 3.05) is 24.7 Å². The van der Waals surface area contributed by atoms with Crippen LogP contribution in [0.25, 0.3) is 0 Å². The van der Waals surface area contributed by atoms with Gasteiger partial charge in [-0.05, 0) is 18.0 Å². The van der Waals surface area contributed by atoms with Crippen LogP contribution >= 0.6 is 11.5 Å². The van der Waals surface area contributed by atoms with Crippen molar-refractivity contribution in [3.8, 4) is 5.75 Å². The number of ether oxygens (including phenoxy) is 1. The SMILES string of the molecule is CCCCCCNc1snc(N)c1OC. The van der Waals surface area contributed by atoms with E-state index in [1.165, 1.54) is 37.2 Å². The lowest BCUT2D eigenvalue weighted by molar-refractivity contribution is 0.419. The van der Waals surface area contributed by atoms with E-state index in [9.17, 15) is 0 Å².